The fourth-order valence-electron chi connectivity index (χ4n) is 3.43. The molecular weight excluding hydrogens is 360 g/mol. The van der Waals surface area contributed by atoms with Crippen LogP contribution in [0.4, 0.5) is 11.5 Å². The van der Waals surface area contributed by atoms with Crippen LogP contribution in [0.2, 0.25) is 5.02 Å². The topological polar surface area (TPSA) is 61.0 Å². The summed E-state index contributed by atoms with van der Waals surface area (Å²) in [4.78, 5) is 14.9. The SMILES string of the molecule is O=C(Nc1cc(-c2ccc(Cl)cc2)[nH]n1)C1CCN(c2ccccc2)CC1. The van der Waals surface area contributed by atoms with Gasteiger partial charge in [0, 0.05) is 35.8 Å². The van der Waals surface area contributed by atoms with Crippen molar-refractivity contribution >= 4 is 29.0 Å². The maximum atomic E-state index is 12.6. The zero-order valence-corrected chi connectivity index (χ0v) is 15.6. The predicted molar refractivity (Wildman–Crippen MR) is 109 cm³/mol. The van der Waals surface area contributed by atoms with Gasteiger partial charge in [-0.15, -0.1) is 0 Å². The summed E-state index contributed by atoms with van der Waals surface area (Å²) in [7, 11) is 0. The van der Waals surface area contributed by atoms with Gasteiger partial charge in [-0.25, -0.2) is 0 Å². The summed E-state index contributed by atoms with van der Waals surface area (Å²) >= 11 is 5.92. The number of H-pyrrole nitrogens is 1. The minimum atomic E-state index is 0.0145. The van der Waals surface area contributed by atoms with Gasteiger partial charge in [0.1, 0.15) is 0 Å². The zero-order valence-electron chi connectivity index (χ0n) is 14.9. The third-order valence-corrected chi connectivity index (χ3v) is 5.22. The van der Waals surface area contributed by atoms with Crippen molar-refractivity contribution in [2.45, 2.75) is 12.8 Å². The van der Waals surface area contributed by atoms with E-state index in [0.717, 1.165) is 37.2 Å². The number of hydrogen-bond acceptors (Lipinski definition) is 3. The number of benzene rings is 2. The third-order valence-electron chi connectivity index (χ3n) is 4.97. The Morgan fingerprint density at radius 1 is 1.07 bits per heavy atom. The molecule has 3 aromatic rings. The molecule has 1 saturated heterocycles. The van der Waals surface area contributed by atoms with Crippen LogP contribution in [0.5, 0.6) is 0 Å². The van der Waals surface area contributed by atoms with Crippen LogP contribution < -0.4 is 10.2 Å². The Kier molecular flexibility index (Phi) is 5.12. The molecule has 2 heterocycles. The van der Waals surface area contributed by atoms with Gasteiger partial charge in [0.2, 0.25) is 5.91 Å². The minimum absolute atomic E-state index is 0.0145. The molecule has 2 N–H and O–H groups in total. The highest BCUT2D eigenvalue weighted by molar-refractivity contribution is 6.30. The number of hydrogen-bond donors (Lipinski definition) is 2. The first-order chi connectivity index (χ1) is 13.2. The van der Waals surface area contributed by atoms with Gasteiger partial charge in [-0.05, 0) is 42.7 Å². The van der Waals surface area contributed by atoms with E-state index in [4.69, 9.17) is 11.6 Å². The van der Waals surface area contributed by atoms with Gasteiger partial charge in [0.25, 0.3) is 0 Å². The van der Waals surface area contributed by atoms with Gasteiger partial charge in [-0.3, -0.25) is 9.89 Å². The van der Waals surface area contributed by atoms with E-state index < -0.39 is 0 Å². The highest BCUT2D eigenvalue weighted by Crippen LogP contribution is 2.25. The van der Waals surface area contributed by atoms with Crippen LogP contribution in [0.25, 0.3) is 11.3 Å². The van der Waals surface area contributed by atoms with E-state index >= 15 is 0 Å². The number of halogens is 1. The number of anilines is 2. The summed E-state index contributed by atoms with van der Waals surface area (Å²) in [5.41, 5.74) is 3.04. The lowest BCUT2D eigenvalue weighted by Gasteiger charge is -2.32. The quantitative estimate of drug-likeness (QED) is 0.696. The van der Waals surface area contributed by atoms with Crippen molar-refractivity contribution in [3.05, 3.63) is 65.7 Å². The second-order valence-corrected chi connectivity index (χ2v) is 7.20. The number of aromatic amines is 1. The van der Waals surface area contributed by atoms with E-state index in [-0.39, 0.29) is 11.8 Å². The average molecular weight is 381 g/mol. The number of aromatic nitrogens is 2. The average Bonchev–Trinajstić information content (AvgIpc) is 3.18. The van der Waals surface area contributed by atoms with E-state index in [1.807, 2.05) is 48.5 Å². The molecule has 1 amide bonds. The predicted octanol–water partition coefficient (Wildman–Crippen LogP) is 4.59. The largest absolute Gasteiger partial charge is 0.371 e. The Hall–Kier alpha value is -2.79. The molecule has 0 bridgehead atoms. The van der Waals surface area contributed by atoms with Crippen molar-refractivity contribution < 1.29 is 4.79 Å². The Labute approximate surface area is 163 Å². The number of para-hydroxylation sites is 1. The summed E-state index contributed by atoms with van der Waals surface area (Å²) in [6.45, 7) is 1.78. The zero-order chi connectivity index (χ0) is 18.6. The molecule has 0 radical (unpaired) electrons. The van der Waals surface area contributed by atoms with Crippen molar-refractivity contribution in [1.29, 1.82) is 0 Å². The third kappa shape index (κ3) is 4.14. The number of amides is 1. The lowest BCUT2D eigenvalue weighted by Crippen LogP contribution is -2.38. The molecule has 1 aromatic heterocycles. The van der Waals surface area contributed by atoms with Crippen LogP contribution >= 0.6 is 11.6 Å². The molecule has 6 heteroatoms. The highest BCUT2D eigenvalue weighted by Gasteiger charge is 2.25. The summed E-state index contributed by atoms with van der Waals surface area (Å²) in [5.74, 6) is 0.605. The molecule has 138 valence electrons. The monoisotopic (exact) mass is 380 g/mol. The molecule has 2 aromatic carbocycles. The van der Waals surface area contributed by atoms with Gasteiger partial charge in [-0.2, -0.15) is 5.10 Å². The molecule has 1 aliphatic heterocycles. The number of piperidine rings is 1. The smallest absolute Gasteiger partial charge is 0.228 e. The number of nitrogens with zero attached hydrogens (tertiary/aromatic N) is 2. The molecule has 4 rings (SSSR count). The fraction of sp³-hybridized carbons (Fsp3) is 0.238. The second kappa shape index (κ2) is 7.84. The van der Waals surface area contributed by atoms with E-state index in [1.165, 1.54) is 5.69 Å². The van der Waals surface area contributed by atoms with Crippen LogP contribution in [0.15, 0.2) is 60.7 Å². The van der Waals surface area contributed by atoms with E-state index in [2.05, 4.69) is 32.5 Å². The van der Waals surface area contributed by atoms with E-state index in [9.17, 15) is 4.79 Å². The molecule has 0 atom stereocenters. The fourth-order valence-corrected chi connectivity index (χ4v) is 3.56. The number of rotatable bonds is 4. The van der Waals surface area contributed by atoms with Crippen molar-refractivity contribution in [3.8, 4) is 11.3 Å². The minimum Gasteiger partial charge on any atom is -0.371 e. The molecule has 0 aliphatic carbocycles. The molecule has 0 saturated carbocycles. The lowest BCUT2D eigenvalue weighted by atomic mass is 9.95. The molecule has 0 unspecified atom stereocenters. The summed E-state index contributed by atoms with van der Waals surface area (Å²) in [5, 5.41) is 10.8. The molecule has 27 heavy (non-hydrogen) atoms. The summed E-state index contributed by atoms with van der Waals surface area (Å²) < 4.78 is 0. The van der Waals surface area contributed by atoms with Gasteiger partial charge in [-0.1, -0.05) is 41.9 Å². The lowest BCUT2D eigenvalue weighted by molar-refractivity contribution is -0.120. The maximum Gasteiger partial charge on any atom is 0.228 e. The summed E-state index contributed by atoms with van der Waals surface area (Å²) in [6, 6.07) is 19.7. The standard InChI is InChI=1S/C21H21ClN4O/c22-17-8-6-15(7-9-17)19-14-20(25-24-19)23-21(27)16-10-12-26(13-11-16)18-4-2-1-3-5-18/h1-9,14,16H,10-13H2,(H2,23,24,25,27). The van der Waals surface area contributed by atoms with Gasteiger partial charge in [0.05, 0.1) is 5.69 Å². The maximum absolute atomic E-state index is 12.6. The Morgan fingerprint density at radius 2 is 1.78 bits per heavy atom. The molecular formula is C21H21ClN4O. The Balaban J connectivity index is 1.34. The van der Waals surface area contributed by atoms with Crippen molar-refractivity contribution in [2.24, 2.45) is 5.92 Å². The first kappa shape index (κ1) is 17.6. The van der Waals surface area contributed by atoms with Crippen molar-refractivity contribution in [3.63, 3.8) is 0 Å². The molecule has 0 spiro atoms. The van der Waals surface area contributed by atoms with Gasteiger partial charge < -0.3 is 10.2 Å². The van der Waals surface area contributed by atoms with Gasteiger partial charge in [0.15, 0.2) is 5.82 Å². The van der Waals surface area contributed by atoms with E-state index in [1.54, 1.807) is 0 Å². The second-order valence-electron chi connectivity index (χ2n) is 6.76. The van der Waals surface area contributed by atoms with Gasteiger partial charge >= 0.3 is 0 Å². The number of carbonyl (C=O) groups is 1. The van der Waals surface area contributed by atoms with Crippen LogP contribution in [0.1, 0.15) is 12.8 Å². The van der Waals surface area contributed by atoms with E-state index in [0.29, 0.717) is 10.8 Å². The normalized spacial score (nSPS) is 14.9. The Bertz CT molecular complexity index is 899. The number of nitrogens with one attached hydrogen (secondary N) is 2. The molecule has 1 fully saturated rings. The van der Waals surface area contributed by atoms with Crippen molar-refractivity contribution in [2.75, 3.05) is 23.3 Å². The Morgan fingerprint density at radius 3 is 2.48 bits per heavy atom. The van der Waals surface area contributed by atoms with Crippen LogP contribution in [0, 0.1) is 5.92 Å². The van der Waals surface area contributed by atoms with Crippen LogP contribution in [-0.2, 0) is 4.79 Å². The van der Waals surface area contributed by atoms with Crippen LogP contribution in [0.3, 0.4) is 0 Å². The van der Waals surface area contributed by atoms with Crippen molar-refractivity contribution in [1.82, 2.24) is 10.2 Å². The highest BCUT2D eigenvalue weighted by atomic mass is 35.5. The molecule has 1 aliphatic rings. The first-order valence-electron chi connectivity index (χ1n) is 9.11. The van der Waals surface area contributed by atoms with Crippen LogP contribution in [-0.4, -0.2) is 29.2 Å². The number of carbonyl (C=O) groups excluding carboxylic acids is 1. The summed E-state index contributed by atoms with van der Waals surface area (Å²) in [6.07, 6.45) is 1.68. The first-order valence-corrected chi connectivity index (χ1v) is 9.49. The molecule has 5 nitrogen and oxygen atoms in total.